The van der Waals surface area contributed by atoms with E-state index >= 15 is 0 Å². The summed E-state index contributed by atoms with van der Waals surface area (Å²) in [7, 11) is 0. The molecule has 1 aliphatic heterocycles. The second kappa shape index (κ2) is 5.29. The van der Waals surface area contributed by atoms with Crippen molar-refractivity contribution in [2.24, 2.45) is 0 Å². The van der Waals surface area contributed by atoms with Crippen molar-refractivity contribution in [3.63, 3.8) is 0 Å². The zero-order valence-corrected chi connectivity index (χ0v) is 12.2. The number of H-pyrrole nitrogens is 1. The quantitative estimate of drug-likeness (QED) is 0.792. The fourth-order valence-corrected chi connectivity index (χ4v) is 2.94. The second-order valence-corrected chi connectivity index (χ2v) is 6.05. The van der Waals surface area contributed by atoms with Gasteiger partial charge in [-0.25, -0.2) is 9.97 Å². The molecular weight excluding hydrogens is 276 g/mol. The highest BCUT2D eigenvalue weighted by Crippen LogP contribution is 2.25. The molecule has 0 unspecified atom stereocenters. The van der Waals surface area contributed by atoms with E-state index in [1.54, 1.807) is 0 Å². The molecule has 0 radical (unpaired) electrons. The van der Waals surface area contributed by atoms with E-state index in [0.29, 0.717) is 11.0 Å². The summed E-state index contributed by atoms with van der Waals surface area (Å²) < 4.78 is 0. The van der Waals surface area contributed by atoms with Gasteiger partial charge in [0.2, 0.25) is 5.82 Å². The van der Waals surface area contributed by atoms with E-state index < -0.39 is 0 Å². The Balaban J connectivity index is 1.73. The Morgan fingerprint density at radius 3 is 2.95 bits per heavy atom. The predicted octanol–water partition coefficient (Wildman–Crippen LogP) is 1.28. The molecule has 20 heavy (non-hydrogen) atoms. The van der Waals surface area contributed by atoms with Crippen LogP contribution in [0.15, 0.2) is 0 Å². The number of nitrogens with one attached hydrogen (secondary N) is 3. The van der Waals surface area contributed by atoms with Crippen molar-refractivity contribution < 1.29 is 4.79 Å². The maximum Gasteiger partial charge on any atom is 0.297 e. The molecule has 2 aromatic heterocycles. The normalized spacial score (nSPS) is 14.3. The average molecular weight is 292 g/mol. The monoisotopic (exact) mass is 292 g/mol. The van der Waals surface area contributed by atoms with Crippen LogP contribution in [-0.2, 0) is 13.0 Å². The van der Waals surface area contributed by atoms with Gasteiger partial charge >= 0.3 is 0 Å². The van der Waals surface area contributed by atoms with Gasteiger partial charge in [0.05, 0.1) is 5.69 Å². The van der Waals surface area contributed by atoms with E-state index in [9.17, 15) is 4.79 Å². The van der Waals surface area contributed by atoms with Gasteiger partial charge in [-0.3, -0.25) is 15.2 Å². The number of aromatic nitrogens is 4. The first-order chi connectivity index (χ1) is 9.63. The highest BCUT2D eigenvalue weighted by atomic mass is 32.1. The van der Waals surface area contributed by atoms with Gasteiger partial charge in [0.1, 0.15) is 5.82 Å². The Morgan fingerprint density at radius 2 is 2.25 bits per heavy atom. The van der Waals surface area contributed by atoms with Gasteiger partial charge in [0.25, 0.3) is 5.91 Å². The van der Waals surface area contributed by atoms with Crippen LogP contribution in [0.5, 0.6) is 0 Å². The average Bonchev–Trinajstić information content (AvgIpc) is 3.04. The lowest BCUT2D eigenvalue weighted by Gasteiger charge is -2.09. The molecule has 106 valence electrons. The summed E-state index contributed by atoms with van der Waals surface area (Å²) in [5.41, 5.74) is 1.07. The number of fused-ring (bicyclic) bond motifs is 1. The highest BCUT2D eigenvalue weighted by molar-refractivity contribution is 7.15. The Bertz CT molecular complexity index is 608. The molecular formula is C12H16N6OS. The fourth-order valence-electron chi connectivity index (χ4n) is 1.97. The van der Waals surface area contributed by atoms with Gasteiger partial charge in [-0.15, -0.1) is 16.4 Å². The minimum Gasteiger partial charge on any atom is -0.311 e. The maximum atomic E-state index is 12.1. The van der Waals surface area contributed by atoms with E-state index in [1.807, 2.05) is 13.8 Å². The van der Waals surface area contributed by atoms with Crippen LogP contribution >= 0.6 is 11.3 Å². The molecule has 0 fully saturated rings. The highest BCUT2D eigenvalue weighted by Gasteiger charge is 2.19. The largest absolute Gasteiger partial charge is 0.311 e. The predicted molar refractivity (Wildman–Crippen MR) is 75.9 cm³/mol. The lowest BCUT2D eigenvalue weighted by Crippen LogP contribution is -2.22. The van der Waals surface area contributed by atoms with Crippen LogP contribution in [0.25, 0.3) is 0 Å². The number of nitrogens with zero attached hydrogens (tertiary/aromatic N) is 3. The van der Waals surface area contributed by atoms with Crippen molar-refractivity contribution in [3.05, 3.63) is 22.2 Å². The molecule has 0 aromatic carbocycles. The summed E-state index contributed by atoms with van der Waals surface area (Å²) in [5.74, 6) is 0.743. The molecule has 3 heterocycles. The first kappa shape index (κ1) is 13.2. The van der Waals surface area contributed by atoms with Crippen LogP contribution in [0.4, 0.5) is 5.13 Å². The number of rotatable bonds is 3. The zero-order valence-electron chi connectivity index (χ0n) is 11.4. The third kappa shape index (κ3) is 2.56. The van der Waals surface area contributed by atoms with Crippen molar-refractivity contribution in [3.8, 4) is 0 Å². The van der Waals surface area contributed by atoms with Gasteiger partial charge in [0, 0.05) is 30.3 Å². The van der Waals surface area contributed by atoms with Crippen LogP contribution in [0.3, 0.4) is 0 Å². The number of hydrogen-bond donors (Lipinski definition) is 3. The number of amides is 1. The van der Waals surface area contributed by atoms with Gasteiger partial charge in [-0.05, 0) is 0 Å². The van der Waals surface area contributed by atoms with Crippen molar-refractivity contribution in [1.29, 1.82) is 0 Å². The first-order valence-corrected chi connectivity index (χ1v) is 7.38. The molecule has 0 saturated carbocycles. The molecule has 0 saturated heterocycles. The first-order valence-electron chi connectivity index (χ1n) is 6.56. The Morgan fingerprint density at radius 1 is 1.40 bits per heavy atom. The summed E-state index contributed by atoms with van der Waals surface area (Å²) in [6.45, 7) is 5.73. The van der Waals surface area contributed by atoms with Crippen LogP contribution < -0.4 is 10.6 Å². The smallest absolute Gasteiger partial charge is 0.297 e. The Hall–Kier alpha value is -1.80. The number of carbonyl (C=O) groups is 1. The lowest BCUT2D eigenvalue weighted by atomic mass is 10.2. The van der Waals surface area contributed by atoms with E-state index in [1.165, 1.54) is 16.2 Å². The van der Waals surface area contributed by atoms with Crippen molar-refractivity contribution in [1.82, 2.24) is 25.5 Å². The van der Waals surface area contributed by atoms with E-state index in [4.69, 9.17) is 0 Å². The standard InChI is InChI=1S/C12H16N6OS/c1-6(2)9-15-10(18-17-9)11(19)16-12-14-7-3-4-13-5-8(7)20-12/h6,13H,3-5H2,1-2H3,(H,14,16,19)(H,15,17,18). The van der Waals surface area contributed by atoms with Crippen LogP contribution in [0, 0.1) is 0 Å². The van der Waals surface area contributed by atoms with Crippen LogP contribution in [0.1, 0.15) is 46.8 Å². The molecule has 3 N–H and O–H groups in total. The van der Waals surface area contributed by atoms with Gasteiger partial charge in [0.15, 0.2) is 5.13 Å². The molecule has 0 spiro atoms. The molecule has 1 aliphatic rings. The van der Waals surface area contributed by atoms with Crippen molar-refractivity contribution >= 4 is 22.4 Å². The fraction of sp³-hybridized carbons (Fsp3) is 0.500. The third-order valence-electron chi connectivity index (χ3n) is 3.08. The molecule has 3 rings (SSSR count). The molecule has 7 nitrogen and oxygen atoms in total. The summed E-state index contributed by atoms with van der Waals surface area (Å²) in [4.78, 5) is 21.9. The minimum atomic E-state index is -0.327. The number of carbonyl (C=O) groups excluding carboxylic acids is 1. The van der Waals surface area contributed by atoms with Gasteiger partial charge in [-0.2, -0.15) is 0 Å². The Kier molecular flexibility index (Phi) is 3.49. The zero-order chi connectivity index (χ0) is 14.1. The second-order valence-electron chi connectivity index (χ2n) is 4.97. The summed E-state index contributed by atoms with van der Waals surface area (Å²) in [5, 5.41) is 13.4. The van der Waals surface area contributed by atoms with E-state index in [-0.39, 0.29) is 17.6 Å². The molecule has 0 bridgehead atoms. The molecule has 0 atom stereocenters. The lowest BCUT2D eigenvalue weighted by molar-refractivity contribution is 0.101. The molecule has 1 amide bonds. The third-order valence-corrected chi connectivity index (χ3v) is 4.09. The van der Waals surface area contributed by atoms with Crippen LogP contribution in [0.2, 0.25) is 0 Å². The minimum absolute atomic E-state index is 0.153. The maximum absolute atomic E-state index is 12.1. The van der Waals surface area contributed by atoms with Gasteiger partial charge < -0.3 is 5.32 Å². The van der Waals surface area contributed by atoms with Crippen molar-refractivity contribution in [2.75, 3.05) is 11.9 Å². The van der Waals surface area contributed by atoms with Crippen LogP contribution in [-0.4, -0.2) is 32.6 Å². The number of aromatic amines is 1. The summed E-state index contributed by atoms with van der Waals surface area (Å²) in [6, 6.07) is 0. The van der Waals surface area contributed by atoms with Gasteiger partial charge in [-0.1, -0.05) is 13.8 Å². The number of anilines is 1. The topological polar surface area (TPSA) is 95.6 Å². The van der Waals surface area contributed by atoms with Crippen molar-refractivity contribution in [2.45, 2.75) is 32.7 Å². The molecule has 0 aliphatic carbocycles. The Labute approximate surface area is 120 Å². The molecule has 2 aromatic rings. The summed E-state index contributed by atoms with van der Waals surface area (Å²) >= 11 is 1.50. The van der Waals surface area contributed by atoms with E-state index in [2.05, 4.69) is 30.8 Å². The molecule has 8 heteroatoms. The summed E-state index contributed by atoms with van der Waals surface area (Å²) in [6.07, 6.45) is 0.903. The number of thiazole rings is 1. The van der Waals surface area contributed by atoms with E-state index in [0.717, 1.165) is 25.2 Å². The number of hydrogen-bond acceptors (Lipinski definition) is 6. The SMILES string of the molecule is CC(C)c1nc(C(=O)Nc2nc3c(s2)CNCC3)n[nH]1.